The van der Waals surface area contributed by atoms with Gasteiger partial charge in [-0.3, -0.25) is 4.79 Å². The number of nitrogens with zero attached hydrogens (tertiary/aromatic N) is 1. The van der Waals surface area contributed by atoms with Crippen LogP contribution in [0.1, 0.15) is 57.9 Å². The molecular formula is C20H34N2O4S. The molecule has 1 aromatic carbocycles. The van der Waals surface area contributed by atoms with Gasteiger partial charge in [0.25, 0.3) is 0 Å². The van der Waals surface area contributed by atoms with E-state index < -0.39 is 16.1 Å². The summed E-state index contributed by atoms with van der Waals surface area (Å²) >= 11 is 0. The standard InChI is InChI=1S/C20H34N2O4S/c1-4-6-7-9-18(16-20(23)26-5-2)22(15-8-14-21)27(24,25)19-12-10-17(3)11-13-19/h10-13,18H,4-9,14-16,21H2,1-3H3/t18-/m1/s1. The summed E-state index contributed by atoms with van der Waals surface area (Å²) in [5.74, 6) is -0.365. The van der Waals surface area contributed by atoms with Crippen molar-refractivity contribution in [1.29, 1.82) is 0 Å². The van der Waals surface area contributed by atoms with Crippen molar-refractivity contribution in [3.63, 3.8) is 0 Å². The van der Waals surface area contributed by atoms with E-state index >= 15 is 0 Å². The zero-order valence-corrected chi connectivity index (χ0v) is 17.6. The Morgan fingerprint density at radius 2 is 1.81 bits per heavy atom. The van der Waals surface area contributed by atoms with Gasteiger partial charge in [0.15, 0.2) is 0 Å². The third kappa shape index (κ3) is 7.60. The van der Waals surface area contributed by atoms with Gasteiger partial charge < -0.3 is 10.5 Å². The van der Waals surface area contributed by atoms with Crippen LogP contribution in [0.3, 0.4) is 0 Å². The number of benzene rings is 1. The van der Waals surface area contributed by atoms with Crippen molar-refractivity contribution in [2.45, 2.75) is 70.2 Å². The van der Waals surface area contributed by atoms with E-state index in [0.29, 0.717) is 25.9 Å². The van der Waals surface area contributed by atoms with Crippen molar-refractivity contribution >= 4 is 16.0 Å². The molecule has 0 unspecified atom stereocenters. The molecule has 0 saturated carbocycles. The van der Waals surface area contributed by atoms with Gasteiger partial charge in [-0.2, -0.15) is 4.31 Å². The zero-order valence-electron chi connectivity index (χ0n) is 16.8. The van der Waals surface area contributed by atoms with Gasteiger partial charge in [0.05, 0.1) is 17.9 Å². The summed E-state index contributed by atoms with van der Waals surface area (Å²) in [4.78, 5) is 12.3. The lowest BCUT2D eigenvalue weighted by Gasteiger charge is -2.30. The molecule has 0 aliphatic carbocycles. The molecule has 0 amide bonds. The van der Waals surface area contributed by atoms with Gasteiger partial charge in [-0.25, -0.2) is 8.42 Å². The normalized spacial score (nSPS) is 12.9. The maximum Gasteiger partial charge on any atom is 0.307 e. The SMILES string of the molecule is CCCCC[C@H](CC(=O)OCC)N(CCCN)S(=O)(=O)c1ccc(C)cc1. The Morgan fingerprint density at radius 3 is 2.37 bits per heavy atom. The van der Waals surface area contributed by atoms with Crippen molar-refractivity contribution in [1.82, 2.24) is 4.31 Å². The first kappa shape index (κ1) is 23.6. The lowest BCUT2D eigenvalue weighted by molar-refractivity contribution is -0.144. The van der Waals surface area contributed by atoms with Gasteiger partial charge in [0, 0.05) is 12.6 Å². The van der Waals surface area contributed by atoms with Crippen LogP contribution in [0.5, 0.6) is 0 Å². The van der Waals surface area contributed by atoms with E-state index in [1.54, 1.807) is 31.2 Å². The van der Waals surface area contributed by atoms with E-state index in [0.717, 1.165) is 24.8 Å². The molecule has 0 fully saturated rings. The van der Waals surface area contributed by atoms with Crippen LogP contribution in [0.25, 0.3) is 0 Å². The Morgan fingerprint density at radius 1 is 1.15 bits per heavy atom. The Balaban J connectivity index is 3.17. The number of ether oxygens (including phenoxy) is 1. The fraction of sp³-hybridized carbons (Fsp3) is 0.650. The highest BCUT2D eigenvalue weighted by Crippen LogP contribution is 2.24. The minimum atomic E-state index is -3.72. The monoisotopic (exact) mass is 398 g/mol. The fourth-order valence-corrected chi connectivity index (χ4v) is 4.67. The number of hydrogen-bond acceptors (Lipinski definition) is 5. The van der Waals surface area contributed by atoms with E-state index in [4.69, 9.17) is 10.5 Å². The summed E-state index contributed by atoms with van der Waals surface area (Å²) in [6, 6.07) is 6.38. The maximum absolute atomic E-state index is 13.3. The van der Waals surface area contributed by atoms with Crippen LogP contribution < -0.4 is 5.73 Å². The van der Waals surface area contributed by atoms with E-state index in [1.165, 1.54) is 4.31 Å². The van der Waals surface area contributed by atoms with Crippen LogP contribution in [0.15, 0.2) is 29.2 Å². The molecule has 0 heterocycles. The van der Waals surface area contributed by atoms with Gasteiger partial charge in [-0.1, -0.05) is 43.9 Å². The highest BCUT2D eigenvalue weighted by atomic mass is 32.2. The molecule has 0 aromatic heterocycles. The number of rotatable bonds is 13. The van der Waals surface area contributed by atoms with Gasteiger partial charge in [-0.05, 0) is 45.4 Å². The molecule has 0 aliphatic rings. The summed E-state index contributed by atoms with van der Waals surface area (Å²) in [6.07, 6.45) is 4.12. The molecule has 2 N–H and O–H groups in total. The minimum absolute atomic E-state index is 0.0627. The highest BCUT2D eigenvalue weighted by Gasteiger charge is 2.32. The third-order valence-electron chi connectivity index (χ3n) is 4.47. The van der Waals surface area contributed by atoms with Gasteiger partial charge in [0.1, 0.15) is 0 Å². The molecule has 6 nitrogen and oxygen atoms in total. The van der Waals surface area contributed by atoms with Crippen molar-refractivity contribution in [3.8, 4) is 0 Å². The van der Waals surface area contributed by atoms with Crippen LogP contribution in [0, 0.1) is 6.92 Å². The molecule has 1 atom stereocenters. The second kappa shape index (κ2) is 12.1. The van der Waals surface area contributed by atoms with Gasteiger partial charge >= 0.3 is 5.97 Å². The number of nitrogens with two attached hydrogens (primary N) is 1. The molecule has 0 saturated heterocycles. The minimum Gasteiger partial charge on any atom is -0.466 e. The second-order valence-corrected chi connectivity index (χ2v) is 8.62. The predicted molar refractivity (Wildman–Crippen MR) is 108 cm³/mol. The Kier molecular flexibility index (Phi) is 10.6. The Hall–Kier alpha value is -1.44. The fourth-order valence-electron chi connectivity index (χ4n) is 2.98. The maximum atomic E-state index is 13.3. The van der Waals surface area contributed by atoms with Crippen molar-refractivity contribution in [3.05, 3.63) is 29.8 Å². The molecule has 7 heteroatoms. The zero-order chi connectivity index (χ0) is 20.3. The smallest absolute Gasteiger partial charge is 0.307 e. The number of sulfonamides is 1. The highest BCUT2D eigenvalue weighted by molar-refractivity contribution is 7.89. The van der Waals surface area contributed by atoms with Crippen LogP contribution in [0.4, 0.5) is 0 Å². The first-order valence-corrected chi connectivity index (χ1v) is 11.2. The van der Waals surface area contributed by atoms with Crippen LogP contribution in [-0.4, -0.2) is 44.4 Å². The lowest BCUT2D eigenvalue weighted by Crippen LogP contribution is -2.43. The molecule has 0 spiro atoms. The molecule has 0 radical (unpaired) electrons. The number of carbonyl (C=O) groups excluding carboxylic acids is 1. The van der Waals surface area contributed by atoms with Crippen molar-refractivity contribution in [2.75, 3.05) is 19.7 Å². The average Bonchev–Trinajstić information content (AvgIpc) is 2.62. The third-order valence-corrected chi connectivity index (χ3v) is 6.43. The van der Waals surface area contributed by atoms with Crippen molar-refractivity contribution in [2.24, 2.45) is 5.73 Å². The number of unbranched alkanes of at least 4 members (excludes halogenated alkanes) is 2. The second-order valence-electron chi connectivity index (χ2n) is 6.73. The van der Waals surface area contributed by atoms with Gasteiger partial charge in [-0.15, -0.1) is 0 Å². The number of hydrogen-bond donors (Lipinski definition) is 1. The first-order chi connectivity index (χ1) is 12.9. The van der Waals surface area contributed by atoms with E-state index in [-0.39, 0.29) is 23.9 Å². The van der Waals surface area contributed by atoms with Crippen LogP contribution >= 0.6 is 0 Å². The summed E-state index contributed by atoms with van der Waals surface area (Å²) in [7, 11) is -3.72. The molecule has 0 bridgehead atoms. The van der Waals surface area contributed by atoms with Crippen molar-refractivity contribution < 1.29 is 17.9 Å². The van der Waals surface area contributed by atoms with E-state index in [9.17, 15) is 13.2 Å². The van der Waals surface area contributed by atoms with Gasteiger partial charge in [0.2, 0.25) is 10.0 Å². The number of carbonyl (C=O) groups is 1. The summed E-state index contributed by atoms with van der Waals surface area (Å²) < 4.78 is 33.1. The number of aryl methyl sites for hydroxylation is 1. The van der Waals surface area contributed by atoms with E-state index in [2.05, 4.69) is 6.92 Å². The summed E-state index contributed by atoms with van der Waals surface area (Å²) in [5.41, 5.74) is 6.63. The molecule has 1 rings (SSSR count). The summed E-state index contributed by atoms with van der Waals surface area (Å²) in [5, 5.41) is 0. The predicted octanol–water partition coefficient (Wildman–Crippen LogP) is 3.24. The van der Waals surface area contributed by atoms with Crippen LogP contribution in [0.2, 0.25) is 0 Å². The first-order valence-electron chi connectivity index (χ1n) is 9.81. The van der Waals surface area contributed by atoms with E-state index in [1.807, 2.05) is 6.92 Å². The molecule has 1 aromatic rings. The average molecular weight is 399 g/mol. The molecule has 0 aliphatic heterocycles. The van der Waals surface area contributed by atoms with Crippen LogP contribution in [-0.2, 0) is 19.6 Å². The number of esters is 1. The quantitative estimate of drug-likeness (QED) is 0.407. The molecule has 154 valence electrons. The Bertz CT molecular complexity index is 659. The Labute approximate surface area is 164 Å². The lowest BCUT2D eigenvalue weighted by atomic mass is 10.1. The molecular weight excluding hydrogens is 364 g/mol. The topological polar surface area (TPSA) is 89.7 Å². The summed E-state index contributed by atoms with van der Waals surface area (Å²) in [6.45, 7) is 6.73. The largest absolute Gasteiger partial charge is 0.466 e. The molecule has 27 heavy (non-hydrogen) atoms.